The molecule has 2 atom stereocenters. The molecule has 0 radical (unpaired) electrons. The molecule has 3 N–H and O–H groups in total. The summed E-state index contributed by atoms with van der Waals surface area (Å²) in [5.74, 6) is -0.247. The number of amides is 2. The maximum atomic E-state index is 12.0. The predicted molar refractivity (Wildman–Crippen MR) is 74.9 cm³/mol. The highest BCUT2D eigenvalue weighted by Crippen LogP contribution is 2.21. The SMILES string of the molecule is CN(C(=O)N[C@H](CCCC(=O)O)C(=O)O)C1CCSC1. The van der Waals surface area contributed by atoms with Gasteiger partial charge in [0.1, 0.15) is 6.04 Å². The highest BCUT2D eigenvalue weighted by molar-refractivity contribution is 7.99. The van der Waals surface area contributed by atoms with Crippen molar-refractivity contribution in [3.8, 4) is 0 Å². The molecule has 7 nitrogen and oxygen atoms in total. The molecule has 1 aliphatic rings. The van der Waals surface area contributed by atoms with E-state index in [0.717, 1.165) is 17.9 Å². The lowest BCUT2D eigenvalue weighted by molar-refractivity contribution is -0.140. The van der Waals surface area contributed by atoms with Crippen molar-refractivity contribution in [2.24, 2.45) is 0 Å². The number of carboxylic acid groups (broad SMARTS) is 2. The van der Waals surface area contributed by atoms with Gasteiger partial charge >= 0.3 is 18.0 Å². The van der Waals surface area contributed by atoms with E-state index in [2.05, 4.69) is 5.32 Å². The second-order valence-electron chi connectivity index (χ2n) is 4.75. The number of hydrogen-bond acceptors (Lipinski definition) is 4. The second kappa shape index (κ2) is 7.98. The van der Waals surface area contributed by atoms with Gasteiger partial charge in [-0.05, 0) is 25.0 Å². The van der Waals surface area contributed by atoms with Crippen molar-refractivity contribution in [3.05, 3.63) is 0 Å². The monoisotopic (exact) mass is 304 g/mol. The summed E-state index contributed by atoms with van der Waals surface area (Å²) in [6.07, 6.45) is 1.14. The third kappa shape index (κ3) is 5.28. The van der Waals surface area contributed by atoms with Crippen molar-refractivity contribution >= 4 is 29.7 Å². The zero-order valence-corrected chi connectivity index (χ0v) is 12.2. The van der Waals surface area contributed by atoms with E-state index >= 15 is 0 Å². The van der Waals surface area contributed by atoms with Crippen LogP contribution in [0.5, 0.6) is 0 Å². The lowest BCUT2D eigenvalue weighted by Crippen LogP contribution is -2.49. The Kier molecular flexibility index (Phi) is 6.63. The molecule has 0 spiro atoms. The van der Waals surface area contributed by atoms with Gasteiger partial charge < -0.3 is 20.4 Å². The summed E-state index contributed by atoms with van der Waals surface area (Å²) in [5, 5.41) is 20.0. The summed E-state index contributed by atoms with van der Waals surface area (Å²) in [6, 6.07) is -1.33. The fourth-order valence-electron chi connectivity index (χ4n) is 1.96. The Bertz CT molecular complexity index is 371. The molecule has 0 aromatic rings. The van der Waals surface area contributed by atoms with E-state index in [0.29, 0.717) is 0 Å². The van der Waals surface area contributed by atoms with Gasteiger partial charge in [0, 0.05) is 25.3 Å². The fourth-order valence-corrected chi connectivity index (χ4v) is 3.23. The molecule has 0 saturated carbocycles. The Morgan fingerprint density at radius 3 is 2.60 bits per heavy atom. The number of carboxylic acids is 2. The molecule has 1 saturated heterocycles. The van der Waals surface area contributed by atoms with Crippen molar-refractivity contribution in [1.82, 2.24) is 10.2 Å². The molecule has 114 valence electrons. The summed E-state index contributed by atoms with van der Waals surface area (Å²) in [7, 11) is 1.65. The standard InChI is InChI=1S/C12H20N2O5S/c1-14(8-5-6-20-7-8)12(19)13-9(11(17)18)3-2-4-10(15)16/h8-9H,2-7H2,1H3,(H,13,19)(H,15,16)(H,17,18)/t8?,9-/m1/s1. The minimum Gasteiger partial charge on any atom is -0.481 e. The molecule has 0 aliphatic carbocycles. The van der Waals surface area contributed by atoms with E-state index in [9.17, 15) is 14.4 Å². The number of carbonyl (C=O) groups is 3. The maximum absolute atomic E-state index is 12.0. The number of nitrogens with zero attached hydrogens (tertiary/aromatic N) is 1. The Morgan fingerprint density at radius 1 is 1.40 bits per heavy atom. The number of urea groups is 1. The predicted octanol–water partition coefficient (Wildman–Crippen LogP) is 0.841. The molecule has 0 aromatic carbocycles. The summed E-state index contributed by atoms with van der Waals surface area (Å²) in [5.41, 5.74) is 0. The second-order valence-corrected chi connectivity index (χ2v) is 5.90. The number of rotatable bonds is 7. The molecular weight excluding hydrogens is 284 g/mol. The van der Waals surface area contributed by atoms with Crippen LogP contribution in [0.2, 0.25) is 0 Å². The van der Waals surface area contributed by atoms with Crippen LogP contribution in [0.3, 0.4) is 0 Å². The van der Waals surface area contributed by atoms with Crippen LogP contribution in [0.25, 0.3) is 0 Å². The van der Waals surface area contributed by atoms with E-state index in [-0.39, 0.29) is 25.3 Å². The Labute approximate surface area is 121 Å². The minimum atomic E-state index is -1.14. The average molecular weight is 304 g/mol. The summed E-state index contributed by atoms with van der Waals surface area (Å²) in [4.78, 5) is 35.0. The molecule has 1 rings (SSSR count). The first-order valence-electron chi connectivity index (χ1n) is 6.47. The average Bonchev–Trinajstić information content (AvgIpc) is 2.89. The first-order chi connectivity index (χ1) is 9.41. The summed E-state index contributed by atoms with van der Waals surface area (Å²) in [6.45, 7) is 0. The van der Waals surface area contributed by atoms with E-state index in [4.69, 9.17) is 10.2 Å². The number of thioether (sulfide) groups is 1. The van der Waals surface area contributed by atoms with Gasteiger partial charge in [-0.15, -0.1) is 0 Å². The normalized spacial score (nSPS) is 19.4. The molecule has 2 amide bonds. The van der Waals surface area contributed by atoms with Crippen LogP contribution in [-0.4, -0.2) is 63.7 Å². The lowest BCUT2D eigenvalue weighted by Gasteiger charge is -2.26. The Hall–Kier alpha value is -1.44. The molecule has 0 aromatic heterocycles. The maximum Gasteiger partial charge on any atom is 0.326 e. The first kappa shape index (κ1) is 16.6. The Morgan fingerprint density at radius 2 is 2.10 bits per heavy atom. The van der Waals surface area contributed by atoms with Gasteiger partial charge in [0.25, 0.3) is 0 Å². The van der Waals surface area contributed by atoms with Crippen LogP contribution in [0.15, 0.2) is 0 Å². The van der Waals surface area contributed by atoms with E-state index in [1.54, 1.807) is 18.8 Å². The number of hydrogen-bond donors (Lipinski definition) is 3. The molecule has 20 heavy (non-hydrogen) atoms. The summed E-state index contributed by atoms with van der Waals surface area (Å²) >= 11 is 1.77. The number of nitrogens with one attached hydrogen (secondary N) is 1. The van der Waals surface area contributed by atoms with Gasteiger partial charge in [0.2, 0.25) is 0 Å². The number of aliphatic carboxylic acids is 2. The van der Waals surface area contributed by atoms with Gasteiger partial charge in [-0.3, -0.25) is 4.79 Å². The van der Waals surface area contributed by atoms with Crippen molar-refractivity contribution < 1.29 is 24.6 Å². The fraction of sp³-hybridized carbons (Fsp3) is 0.750. The van der Waals surface area contributed by atoms with Crippen LogP contribution < -0.4 is 5.32 Å². The van der Waals surface area contributed by atoms with Crippen LogP contribution in [0.1, 0.15) is 25.7 Å². The quantitative estimate of drug-likeness (QED) is 0.643. The van der Waals surface area contributed by atoms with Crippen LogP contribution >= 0.6 is 11.8 Å². The molecule has 1 heterocycles. The topological polar surface area (TPSA) is 107 Å². The largest absolute Gasteiger partial charge is 0.481 e. The smallest absolute Gasteiger partial charge is 0.326 e. The van der Waals surface area contributed by atoms with Gasteiger partial charge in [0.05, 0.1) is 0 Å². The summed E-state index contributed by atoms with van der Waals surface area (Å²) < 4.78 is 0. The molecule has 1 aliphatic heterocycles. The highest BCUT2D eigenvalue weighted by atomic mass is 32.2. The van der Waals surface area contributed by atoms with Crippen molar-refractivity contribution in [1.29, 1.82) is 0 Å². The number of carbonyl (C=O) groups excluding carboxylic acids is 1. The van der Waals surface area contributed by atoms with Gasteiger partial charge in [-0.2, -0.15) is 11.8 Å². The van der Waals surface area contributed by atoms with Crippen LogP contribution in [0.4, 0.5) is 4.79 Å². The van der Waals surface area contributed by atoms with E-state index < -0.39 is 24.0 Å². The molecule has 1 unspecified atom stereocenters. The minimum absolute atomic E-state index is 0.102. The Balaban J connectivity index is 2.45. The highest BCUT2D eigenvalue weighted by Gasteiger charge is 2.27. The lowest BCUT2D eigenvalue weighted by atomic mass is 10.1. The zero-order chi connectivity index (χ0) is 15.1. The van der Waals surface area contributed by atoms with Gasteiger partial charge in [-0.1, -0.05) is 0 Å². The van der Waals surface area contributed by atoms with Crippen molar-refractivity contribution in [3.63, 3.8) is 0 Å². The molecule has 1 fully saturated rings. The molecule has 8 heteroatoms. The van der Waals surface area contributed by atoms with Gasteiger partial charge in [0.15, 0.2) is 0 Å². The van der Waals surface area contributed by atoms with E-state index in [1.165, 1.54) is 4.90 Å². The first-order valence-corrected chi connectivity index (χ1v) is 7.63. The molecular formula is C12H20N2O5S. The molecule has 0 bridgehead atoms. The third-order valence-corrected chi connectivity index (χ3v) is 4.40. The van der Waals surface area contributed by atoms with Crippen molar-refractivity contribution in [2.45, 2.75) is 37.8 Å². The van der Waals surface area contributed by atoms with Crippen LogP contribution in [-0.2, 0) is 9.59 Å². The van der Waals surface area contributed by atoms with E-state index in [1.807, 2.05) is 0 Å². The van der Waals surface area contributed by atoms with Gasteiger partial charge in [-0.25, -0.2) is 9.59 Å². The van der Waals surface area contributed by atoms with Crippen molar-refractivity contribution in [2.75, 3.05) is 18.6 Å². The third-order valence-electron chi connectivity index (χ3n) is 3.25. The van der Waals surface area contributed by atoms with Crippen LogP contribution in [0, 0.1) is 0 Å². The zero-order valence-electron chi connectivity index (χ0n) is 11.4.